The molecule has 2 aromatic carbocycles. The molecule has 1 atom stereocenters. The van der Waals surface area contributed by atoms with E-state index in [0.29, 0.717) is 16.7 Å². The van der Waals surface area contributed by atoms with Gasteiger partial charge >= 0.3 is 0 Å². The summed E-state index contributed by atoms with van der Waals surface area (Å²) >= 11 is 12.4. The minimum absolute atomic E-state index is 0.129. The molecule has 2 aliphatic heterocycles. The zero-order chi connectivity index (χ0) is 20.2. The molecule has 7 heteroatoms. The van der Waals surface area contributed by atoms with Crippen LogP contribution in [0.3, 0.4) is 0 Å². The Balaban J connectivity index is 1.54. The highest BCUT2D eigenvalue weighted by atomic mass is 35.5. The largest absolute Gasteiger partial charge is 0.328 e. The molecule has 1 N–H and O–H groups in total. The average molecular weight is 426 g/mol. The van der Waals surface area contributed by atoms with Gasteiger partial charge in [-0.2, -0.15) is 5.10 Å². The molecule has 0 aliphatic carbocycles. The first-order valence-electron chi connectivity index (χ1n) is 9.59. The molecule has 148 valence electrons. The Bertz CT molecular complexity index is 1120. The topological polar surface area (TPSA) is 46.0 Å². The van der Waals surface area contributed by atoms with Crippen LogP contribution in [0.25, 0.3) is 6.08 Å². The van der Waals surface area contributed by atoms with Crippen LogP contribution >= 0.6 is 23.2 Å². The summed E-state index contributed by atoms with van der Waals surface area (Å²) in [5.74, 6) is 1.10. The normalized spacial score (nSPS) is 19.7. The van der Waals surface area contributed by atoms with Crippen LogP contribution in [0.4, 0.5) is 5.69 Å². The molecule has 0 amide bonds. The lowest BCUT2D eigenvalue weighted by Crippen LogP contribution is -2.44. The first kappa shape index (κ1) is 18.7. The molecule has 0 bridgehead atoms. The molecule has 5 nitrogen and oxygen atoms in total. The Morgan fingerprint density at radius 1 is 1.10 bits per heavy atom. The third-order valence-corrected chi connectivity index (χ3v) is 6.59. The summed E-state index contributed by atoms with van der Waals surface area (Å²) in [6.07, 6.45) is 5.63. The van der Waals surface area contributed by atoms with Crippen LogP contribution in [0, 0.1) is 0 Å². The zero-order valence-corrected chi connectivity index (χ0v) is 17.7. The molecule has 0 spiro atoms. The van der Waals surface area contributed by atoms with E-state index in [1.807, 2.05) is 22.9 Å². The fourth-order valence-electron chi connectivity index (χ4n) is 4.18. The van der Waals surface area contributed by atoms with Crippen molar-refractivity contribution in [3.05, 3.63) is 81.5 Å². The van der Waals surface area contributed by atoms with Gasteiger partial charge in [0.15, 0.2) is 5.82 Å². The molecule has 0 saturated carbocycles. The van der Waals surface area contributed by atoms with E-state index in [1.54, 1.807) is 6.33 Å². The van der Waals surface area contributed by atoms with Crippen LogP contribution in [-0.2, 0) is 12.2 Å². The molecular formula is C22H21Cl2N5. The van der Waals surface area contributed by atoms with E-state index in [1.165, 1.54) is 16.7 Å². The van der Waals surface area contributed by atoms with E-state index < -0.39 is 0 Å². The number of rotatable bonds is 2. The van der Waals surface area contributed by atoms with Crippen molar-refractivity contribution in [2.45, 2.75) is 32.0 Å². The lowest BCUT2D eigenvalue weighted by Gasteiger charge is -2.39. The minimum Gasteiger partial charge on any atom is -0.328 e. The average Bonchev–Trinajstić information content (AvgIpc) is 3.18. The Kier molecular flexibility index (Phi) is 4.42. The van der Waals surface area contributed by atoms with Gasteiger partial charge in [-0.1, -0.05) is 35.3 Å². The summed E-state index contributed by atoms with van der Waals surface area (Å²) in [4.78, 5) is 6.42. The van der Waals surface area contributed by atoms with Gasteiger partial charge in [-0.3, -0.25) is 0 Å². The van der Waals surface area contributed by atoms with E-state index in [-0.39, 0.29) is 11.5 Å². The van der Waals surface area contributed by atoms with Gasteiger partial charge in [0.1, 0.15) is 13.0 Å². The van der Waals surface area contributed by atoms with Gasteiger partial charge in [0.25, 0.3) is 0 Å². The fourth-order valence-corrected chi connectivity index (χ4v) is 4.49. The lowest BCUT2D eigenvalue weighted by molar-refractivity contribution is 0.366. The number of anilines is 1. The van der Waals surface area contributed by atoms with E-state index in [4.69, 9.17) is 23.2 Å². The SMILES string of the molecule is CC1(C)NCC(c2ccc(Cl)c(Cl)c2)c2ccc(N3C=Cc4ncnn4C3)cc21. The third kappa shape index (κ3) is 3.23. The Morgan fingerprint density at radius 3 is 2.79 bits per heavy atom. The summed E-state index contributed by atoms with van der Waals surface area (Å²) in [5, 5.41) is 9.17. The number of halogens is 2. The summed E-state index contributed by atoms with van der Waals surface area (Å²) in [7, 11) is 0. The van der Waals surface area contributed by atoms with Crippen LogP contribution in [0.1, 0.15) is 42.3 Å². The van der Waals surface area contributed by atoms with Crippen molar-refractivity contribution in [1.82, 2.24) is 20.1 Å². The standard InChI is InChI=1S/C22H21Cl2N5/c1-22(2)18-10-15(28-8-7-21-25-12-27-29(21)13-28)4-5-16(18)17(11-26-22)14-3-6-19(23)20(24)9-14/h3-10,12,17,26H,11,13H2,1-2H3. The zero-order valence-electron chi connectivity index (χ0n) is 16.2. The van der Waals surface area contributed by atoms with E-state index >= 15 is 0 Å². The van der Waals surface area contributed by atoms with E-state index in [9.17, 15) is 0 Å². The van der Waals surface area contributed by atoms with Crippen molar-refractivity contribution >= 4 is 35.0 Å². The quantitative estimate of drug-likeness (QED) is 0.626. The van der Waals surface area contributed by atoms with Crippen LogP contribution in [0.15, 0.2) is 48.9 Å². The minimum atomic E-state index is -0.129. The van der Waals surface area contributed by atoms with Crippen molar-refractivity contribution in [1.29, 1.82) is 0 Å². The molecule has 5 rings (SSSR count). The van der Waals surface area contributed by atoms with Gasteiger partial charge in [0.2, 0.25) is 0 Å². The number of hydrogen-bond donors (Lipinski definition) is 1. The van der Waals surface area contributed by atoms with Crippen LogP contribution in [0.2, 0.25) is 10.0 Å². The van der Waals surface area contributed by atoms with Crippen molar-refractivity contribution in [3.8, 4) is 0 Å². The molecule has 1 unspecified atom stereocenters. The monoisotopic (exact) mass is 425 g/mol. The molecule has 29 heavy (non-hydrogen) atoms. The van der Waals surface area contributed by atoms with Crippen LogP contribution < -0.4 is 10.2 Å². The lowest BCUT2D eigenvalue weighted by atomic mass is 9.77. The summed E-state index contributed by atoms with van der Waals surface area (Å²) in [6.45, 7) is 5.95. The second kappa shape index (κ2) is 6.87. The van der Waals surface area contributed by atoms with Crippen molar-refractivity contribution in [2.75, 3.05) is 11.4 Å². The molecule has 2 aliphatic rings. The summed E-state index contributed by atoms with van der Waals surface area (Å²) in [6, 6.07) is 12.6. The molecule has 0 radical (unpaired) electrons. The molecule has 3 heterocycles. The molecule has 0 fully saturated rings. The van der Waals surface area contributed by atoms with Gasteiger partial charge in [-0.15, -0.1) is 0 Å². The highest BCUT2D eigenvalue weighted by Crippen LogP contribution is 2.40. The van der Waals surface area contributed by atoms with E-state index in [2.05, 4.69) is 64.6 Å². The van der Waals surface area contributed by atoms with Gasteiger partial charge in [-0.05, 0) is 60.9 Å². The van der Waals surface area contributed by atoms with Gasteiger partial charge in [0, 0.05) is 29.9 Å². The predicted molar refractivity (Wildman–Crippen MR) is 117 cm³/mol. The van der Waals surface area contributed by atoms with Crippen LogP contribution in [-0.4, -0.2) is 21.3 Å². The Hall–Kier alpha value is -2.34. The number of nitrogens with zero attached hydrogens (tertiary/aromatic N) is 4. The number of fused-ring (bicyclic) bond motifs is 2. The van der Waals surface area contributed by atoms with Gasteiger partial charge in [0.05, 0.1) is 10.0 Å². The van der Waals surface area contributed by atoms with E-state index in [0.717, 1.165) is 18.1 Å². The van der Waals surface area contributed by atoms with Crippen molar-refractivity contribution < 1.29 is 0 Å². The number of nitrogens with one attached hydrogen (secondary N) is 1. The third-order valence-electron chi connectivity index (χ3n) is 5.85. The first-order valence-corrected chi connectivity index (χ1v) is 10.3. The molecular weight excluding hydrogens is 405 g/mol. The van der Waals surface area contributed by atoms with Gasteiger partial charge in [-0.25, -0.2) is 9.67 Å². The molecule has 0 saturated heterocycles. The summed E-state index contributed by atoms with van der Waals surface area (Å²) < 4.78 is 1.89. The first-order chi connectivity index (χ1) is 13.9. The smallest absolute Gasteiger partial charge is 0.154 e. The van der Waals surface area contributed by atoms with Crippen molar-refractivity contribution in [3.63, 3.8) is 0 Å². The molecule has 3 aromatic rings. The van der Waals surface area contributed by atoms with Crippen molar-refractivity contribution in [2.24, 2.45) is 0 Å². The maximum Gasteiger partial charge on any atom is 0.154 e. The second-order valence-corrected chi connectivity index (χ2v) is 8.86. The molecule has 1 aromatic heterocycles. The maximum atomic E-state index is 6.29. The fraction of sp³-hybridized carbons (Fsp3) is 0.273. The highest BCUT2D eigenvalue weighted by molar-refractivity contribution is 6.42. The Labute approximate surface area is 180 Å². The summed E-state index contributed by atoms with van der Waals surface area (Å²) in [5.41, 5.74) is 4.77. The maximum absolute atomic E-state index is 6.29. The highest BCUT2D eigenvalue weighted by Gasteiger charge is 2.33. The van der Waals surface area contributed by atoms with Gasteiger partial charge < -0.3 is 10.2 Å². The van der Waals surface area contributed by atoms with Crippen LogP contribution in [0.5, 0.6) is 0 Å². The number of benzene rings is 2. The number of hydrogen-bond acceptors (Lipinski definition) is 4. The predicted octanol–water partition coefficient (Wildman–Crippen LogP) is 5.00. The second-order valence-electron chi connectivity index (χ2n) is 8.05. The Morgan fingerprint density at radius 2 is 1.97 bits per heavy atom. The number of aromatic nitrogens is 3.